The Morgan fingerprint density at radius 1 is 1.29 bits per heavy atom. The average Bonchev–Trinajstić information content (AvgIpc) is 2.62. The number of carbonyl (C=O) groups excluding carboxylic acids is 1. The molecule has 1 amide bonds. The summed E-state index contributed by atoms with van der Waals surface area (Å²) in [5.41, 5.74) is 0.711. The quantitative estimate of drug-likeness (QED) is 0.412. The number of nitrogens with one attached hydrogen (secondary N) is 2. The number of amides is 1. The Bertz CT molecular complexity index is 807. The highest BCUT2D eigenvalue weighted by atomic mass is 35.5. The van der Waals surface area contributed by atoms with Gasteiger partial charge < -0.3 is 15.5 Å². The number of rotatable bonds is 6. The van der Waals surface area contributed by atoms with Crippen LogP contribution in [0.25, 0.3) is 0 Å². The van der Waals surface area contributed by atoms with Crippen molar-refractivity contribution < 1.29 is 13.2 Å². The lowest BCUT2D eigenvalue weighted by Crippen LogP contribution is -2.57. The number of guanidine groups is 1. The number of sulfone groups is 1. The summed E-state index contributed by atoms with van der Waals surface area (Å²) < 4.78 is 23.6. The molecule has 0 spiro atoms. The van der Waals surface area contributed by atoms with Gasteiger partial charge in [-0.1, -0.05) is 11.6 Å². The van der Waals surface area contributed by atoms with Crippen LogP contribution in [-0.2, 0) is 14.6 Å². The molecule has 2 rings (SSSR count). The van der Waals surface area contributed by atoms with Crippen molar-refractivity contribution in [3.05, 3.63) is 29.3 Å². The van der Waals surface area contributed by atoms with E-state index in [-0.39, 0.29) is 11.7 Å². The molecule has 0 aromatic heterocycles. The maximum Gasteiger partial charge on any atom is 0.224 e. The molecule has 156 valence electrons. The predicted molar refractivity (Wildman–Crippen MR) is 115 cm³/mol. The Labute approximate surface area is 172 Å². The van der Waals surface area contributed by atoms with Crippen LogP contribution >= 0.6 is 11.6 Å². The molecular formula is C19H29ClN4O3S. The SMILES string of the molecule is CCNC(=NCCCC(=O)Nc1ccc(Cl)cc1)N1CCS(=O)(=O)C(C)(C)C1. The van der Waals surface area contributed by atoms with E-state index in [1.807, 2.05) is 11.8 Å². The van der Waals surface area contributed by atoms with E-state index >= 15 is 0 Å². The third-order valence-electron chi connectivity index (χ3n) is 4.63. The molecule has 0 atom stereocenters. The van der Waals surface area contributed by atoms with E-state index in [1.54, 1.807) is 38.1 Å². The number of anilines is 1. The second-order valence-corrected chi connectivity index (χ2v) is 10.6. The van der Waals surface area contributed by atoms with Crippen molar-refractivity contribution in [2.45, 2.75) is 38.4 Å². The van der Waals surface area contributed by atoms with Crippen molar-refractivity contribution in [2.75, 3.05) is 37.2 Å². The van der Waals surface area contributed by atoms with Crippen LogP contribution < -0.4 is 10.6 Å². The van der Waals surface area contributed by atoms with Crippen molar-refractivity contribution in [1.29, 1.82) is 0 Å². The number of hydrogen-bond acceptors (Lipinski definition) is 4. The molecule has 1 aromatic rings. The lowest BCUT2D eigenvalue weighted by molar-refractivity contribution is -0.116. The zero-order chi connectivity index (χ0) is 20.8. The lowest BCUT2D eigenvalue weighted by Gasteiger charge is -2.39. The highest BCUT2D eigenvalue weighted by Gasteiger charge is 2.40. The maximum absolute atomic E-state index is 12.2. The molecule has 1 fully saturated rings. The Morgan fingerprint density at radius 3 is 2.57 bits per heavy atom. The Kier molecular flexibility index (Phi) is 7.71. The maximum atomic E-state index is 12.2. The van der Waals surface area contributed by atoms with Gasteiger partial charge >= 0.3 is 0 Å². The van der Waals surface area contributed by atoms with E-state index in [2.05, 4.69) is 15.6 Å². The minimum Gasteiger partial charge on any atom is -0.357 e. The van der Waals surface area contributed by atoms with Crippen LogP contribution in [0.2, 0.25) is 5.02 Å². The van der Waals surface area contributed by atoms with Crippen molar-refractivity contribution in [3.63, 3.8) is 0 Å². The summed E-state index contributed by atoms with van der Waals surface area (Å²) in [7, 11) is -3.10. The van der Waals surface area contributed by atoms with E-state index in [0.29, 0.717) is 55.7 Å². The molecular weight excluding hydrogens is 400 g/mol. The minimum absolute atomic E-state index is 0.0762. The molecule has 9 heteroatoms. The molecule has 0 radical (unpaired) electrons. The van der Waals surface area contributed by atoms with Gasteiger partial charge in [0.2, 0.25) is 5.91 Å². The number of nitrogens with zero attached hydrogens (tertiary/aromatic N) is 2. The number of hydrogen-bond donors (Lipinski definition) is 2. The predicted octanol–water partition coefficient (Wildman–Crippen LogP) is 2.53. The smallest absolute Gasteiger partial charge is 0.224 e. The Morgan fingerprint density at radius 2 is 1.96 bits per heavy atom. The van der Waals surface area contributed by atoms with Crippen molar-refractivity contribution >= 4 is 39.0 Å². The molecule has 1 saturated heterocycles. The van der Waals surface area contributed by atoms with Gasteiger partial charge in [0, 0.05) is 43.3 Å². The monoisotopic (exact) mass is 428 g/mol. The normalized spacial score (nSPS) is 18.6. The van der Waals surface area contributed by atoms with Gasteiger partial charge in [-0.2, -0.15) is 0 Å². The second-order valence-electron chi connectivity index (χ2n) is 7.39. The number of halogens is 1. The van der Waals surface area contributed by atoms with Crippen LogP contribution in [0.4, 0.5) is 5.69 Å². The van der Waals surface area contributed by atoms with Crippen LogP contribution in [0.15, 0.2) is 29.3 Å². The average molecular weight is 429 g/mol. The lowest BCUT2D eigenvalue weighted by atomic mass is 10.2. The molecule has 0 unspecified atom stereocenters. The summed E-state index contributed by atoms with van der Waals surface area (Å²) in [5, 5.41) is 6.67. The first-order valence-corrected chi connectivity index (χ1v) is 11.5. The molecule has 2 N–H and O–H groups in total. The first-order chi connectivity index (χ1) is 13.1. The number of carbonyl (C=O) groups is 1. The van der Waals surface area contributed by atoms with E-state index in [9.17, 15) is 13.2 Å². The molecule has 0 bridgehead atoms. The summed E-state index contributed by atoms with van der Waals surface area (Å²) in [6.07, 6.45) is 0.954. The zero-order valence-electron chi connectivity index (χ0n) is 16.7. The van der Waals surface area contributed by atoms with E-state index < -0.39 is 14.6 Å². The standard InChI is InChI=1S/C19H29ClN4O3S/c1-4-21-18(24-12-13-28(26,27)19(2,3)14-24)22-11-5-6-17(25)23-16-9-7-15(20)8-10-16/h7-10H,4-6,11-14H2,1-3H3,(H,21,22)(H,23,25). The summed E-state index contributed by atoms with van der Waals surface area (Å²) in [4.78, 5) is 18.6. The molecule has 0 saturated carbocycles. The van der Waals surface area contributed by atoms with Gasteiger partial charge in [0.25, 0.3) is 0 Å². The van der Waals surface area contributed by atoms with Crippen LogP contribution in [-0.4, -0.2) is 61.9 Å². The molecule has 1 aliphatic heterocycles. The van der Waals surface area contributed by atoms with Crippen LogP contribution in [0.5, 0.6) is 0 Å². The second kappa shape index (κ2) is 9.60. The topological polar surface area (TPSA) is 90.9 Å². The first-order valence-electron chi connectivity index (χ1n) is 9.45. The van der Waals surface area contributed by atoms with Gasteiger partial charge in [0.1, 0.15) is 0 Å². The number of benzene rings is 1. The van der Waals surface area contributed by atoms with Crippen molar-refractivity contribution in [3.8, 4) is 0 Å². The van der Waals surface area contributed by atoms with E-state index in [4.69, 9.17) is 11.6 Å². The summed E-state index contributed by atoms with van der Waals surface area (Å²) in [6.45, 7) is 7.48. The fourth-order valence-corrected chi connectivity index (χ4v) is 4.42. The van der Waals surface area contributed by atoms with Crippen LogP contribution in [0, 0.1) is 0 Å². The van der Waals surface area contributed by atoms with Gasteiger partial charge in [-0.15, -0.1) is 0 Å². The Balaban J connectivity index is 1.87. The van der Waals surface area contributed by atoms with Gasteiger partial charge in [-0.25, -0.2) is 8.42 Å². The van der Waals surface area contributed by atoms with Gasteiger partial charge in [0.05, 0.1) is 10.5 Å². The minimum atomic E-state index is -3.10. The molecule has 1 heterocycles. The largest absolute Gasteiger partial charge is 0.357 e. The molecule has 28 heavy (non-hydrogen) atoms. The van der Waals surface area contributed by atoms with Crippen LogP contribution in [0.3, 0.4) is 0 Å². The van der Waals surface area contributed by atoms with E-state index in [0.717, 1.165) is 0 Å². The summed E-state index contributed by atoms with van der Waals surface area (Å²) in [6, 6.07) is 6.97. The van der Waals surface area contributed by atoms with E-state index in [1.165, 1.54) is 0 Å². The fourth-order valence-electron chi connectivity index (χ4n) is 2.93. The van der Waals surface area contributed by atoms with Crippen molar-refractivity contribution in [2.24, 2.45) is 4.99 Å². The first kappa shape index (κ1) is 22.5. The van der Waals surface area contributed by atoms with Gasteiger partial charge in [0.15, 0.2) is 15.8 Å². The molecule has 1 aromatic carbocycles. The molecule has 1 aliphatic rings. The molecule has 0 aliphatic carbocycles. The number of aliphatic imine (C=N–C) groups is 1. The van der Waals surface area contributed by atoms with Gasteiger partial charge in [-0.05, 0) is 51.5 Å². The summed E-state index contributed by atoms with van der Waals surface area (Å²) in [5.74, 6) is 0.741. The fraction of sp³-hybridized carbons (Fsp3) is 0.579. The third-order valence-corrected chi connectivity index (χ3v) is 7.41. The molecule has 7 nitrogen and oxygen atoms in total. The van der Waals surface area contributed by atoms with Crippen LogP contribution in [0.1, 0.15) is 33.6 Å². The highest BCUT2D eigenvalue weighted by molar-refractivity contribution is 7.92. The van der Waals surface area contributed by atoms with Gasteiger partial charge in [-0.3, -0.25) is 9.79 Å². The highest BCUT2D eigenvalue weighted by Crippen LogP contribution is 2.23. The van der Waals surface area contributed by atoms with Crippen molar-refractivity contribution in [1.82, 2.24) is 10.2 Å². The zero-order valence-corrected chi connectivity index (χ0v) is 18.2. The Hall–Kier alpha value is -1.80. The third kappa shape index (κ3) is 6.10. The summed E-state index contributed by atoms with van der Waals surface area (Å²) >= 11 is 5.83.